The molecule has 5 unspecified atom stereocenters. The Morgan fingerprint density at radius 3 is 1.47 bits per heavy atom. The van der Waals surface area contributed by atoms with Crippen molar-refractivity contribution in [2.24, 2.45) is 0 Å². The molecule has 1 fully saturated rings. The van der Waals surface area contributed by atoms with E-state index in [0.717, 1.165) is 96.3 Å². The van der Waals surface area contributed by atoms with Crippen LogP contribution in [0.25, 0.3) is 0 Å². The van der Waals surface area contributed by atoms with Crippen molar-refractivity contribution < 1.29 is 82.0 Å². The average Bonchev–Trinajstić information content (AvgIpc) is 3.32. The molecule has 0 aromatic heterocycles. The van der Waals surface area contributed by atoms with E-state index in [-0.39, 0.29) is 18.9 Å². The Balaban J connectivity index is 2.62. The van der Waals surface area contributed by atoms with Gasteiger partial charge in [0.2, 0.25) is 0 Å². The third-order valence-corrected chi connectivity index (χ3v) is 12.3. The molecule has 17 nitrogen and oxygen atoms in total. The number of allylic oxidation sites excluding steroid dienone is 16. The van der Waals surface area contributed by atoms with E-state index in [1.54, 1.807) is 0 Å². The summed E-state index contributed by atoms with van der Waals surface area (Å²) in [4.78, 5) is 54.4. The minimum atomic E-state index is -5.38. The van der Waals surface area contributed by atoms with E-state index in [9.17, 15) is 58.9 Å². The van der Waals surface area contributed by atoms with Gasteiger partial charge < -0.3 is 49.7 Å². The Bertz CT molecular complexity index is 1730. The number of ether oxygens (including phenoxy) is 2. The summed E-state index contributed by atoms with van der Waals surface area (Å²) in [6, 6.07) is 0. The minimum absolute atomic E-state index is 0.0542. The van der Waals surface area contributed by atoms with Gasteiger partial charge in [-0.05, 0) is 96.3 Å². The van der Waals surface area contributed by atoms with Crippen LogP contribution in [-0.2, 0) is 41.8 Å². The van der Waals surface area contributed by atoms with Gasteiger partial charge in [-0.15, -0.1) is 0 Å². The van der Waals surface area contributed by atoms with Crippen molar-refractivity contribution in [3.8, 4) is 0 Å². The van der Waals surface area contributed by atoms with Crippen molar-refractivity contribution in [3.63, 3.8) is 0 Å². The molecule has 0 radical (unpaired) electrons. The first-order valence-corrected chi connectivity index (χ1v) is 27.9. The predicted molar refractivity (Wildman–Crippen MR) is 270 cm³/mol. The quantitative estimate of drug-likeness (QED) is 0.0123. The molecule has 70 heavy (non-hydrogen) atoms. The van der Waals surface area contributed by atoms with Crippen molar-refractivity contribution in [1.29, 1.82) is 0 Å². The molecule has 0 aliphatic heterocycles. The maximum Gasteiger partial charge on any atom is 0.472 e. The zero-order valence-corrected chi connectivity index (χ0v) is 43.1. The monoisotopic (exact) mass is 1030 g/mol. The van der Waals surface area contributed by atoms with Crippen LogP contribution < -0.4 is 0 Å². The maximum absolute atomic E-state index is 13.0. The van der Waals surface area contributed by atoms with Crippen LogP contribution in [0.3, 0.4) is 0 Å². The Kier molecular flexibility index (Phi) is 37.4. The lowest BCUT2D eigenvalue weighted by Gasteiger charge is -2.43. The highest BCUT2D eigenvalue weighted by atomic mass is 31.2. The lowest BCUT2D eigenvalue weighted by atomic mass is 9.85. The zero-order chi connectivity index (χ0) is 51.9. The summed E-state index contributed by atoms with van der Waals surface area (Å²) in [6.45, 7) is 2.66. The number of esters is 2. The highest BCUT2D eigenvalue weighted by Crippen LogP contribution is 2.49. The highest BCUT2D eigenvalue weighted by Gasteiger charge is 2.54. The Morgan fingerprint density at radius 2 is 0.957 bits per heavy atom. The second kappa shape index (κ2) is 40.4. The molecular weight excluding hydrogens is 946 g/mol. The predicted octanol–water partition coefficient (Wildman–Crippen LogP) is 8.92. The molecule has 0 aromatic carbocycles. The SMILES string of the molecule is CC/C=C\C/C=C\C/C=C\C/C=C\CCCCCCCCC(=O)OC[C@H](COP(=O)(O)O[C@H]1C(O)C(O)C(O)[C@@H](OP(=O)(O)O)C1O)OC(=O)CCC/C=C\C/C=C\C/C=C\C/C=C\CC[C@H](O)CC. The van der Waals surface area contributed by atoms with Crippen molar-refractivity contribution in [2.45, 2.75) is 198 Å². The van der Waals surface area contributed by atoms with E-state index < -0.39 is 83.5 Å². The van der Waals surface area contributed by atoms with Crippen molar-refractivity contribution in [3.05, 3.63) is 97.2 Å². The number of hydrogen-bond acceptors (Lipinski definition) is 14. The van der Waals surface area contributed by atoms with Gasteiger partial charge >= 0.3 is 27.6 Å². The summed E-state index contributed by atoms with van der Waals surface area (Å²) >= 11 is 0. The van der Waals surface area contributed by atoms with Crippen LogP contribution in [0.15, 0.2) is 97.2 Å². The third-order valence-electron chi connectivity index (χ3n) is 10.8. The van der Waals surface area contributed by atoms with Gasteiger partial charge in [0.1, 0.15) is 43.2 Å². The largest absolute Gasteiger partial charge is 0.472 e. The van der Waals surface area contributed by atoms with Crippen LogP contribution in [0.2, 0.25) is 0 Å². The molecule has 1 aliphatic rings. The summed E-state index contributed by atoms with van der Waals surface area (Å²) in [5.74, 6) is -1.31. The molecule has 1 rings (SSSR count). The highest BCUT2D eigenvalue weighted by molar-refractivity contribution is 7.47. The number of carbonyl (C=O) groups is 2. The van der Waals surface area contributed by atoms with Gasteiger partial charge in [-0.25, -0.2) is 9.13 Å². The molecule has 1 saturated carbocycles. The fourth-order valence-electron chi connectivity index (χ4n) is 6.81. The summed E-state index contributed by atoms with van der Waals surface area (Å²) < 4.78 is 49.4. The van der Waals surface area contributed by atoms with Crippen LogP contribution in [0.1, 0.15) is 149 Å². The number of phosphoric acid groups is 2. The Hall–Kier alpha value is -3.12. The number of carbonyl (C=O) groups excluding carboxylic acids is 2. The molecule has 0 heterocycles. The van der Waals surface area contributed by atoms with Crippen LogP contribution in [-0.4, -0.2) is 114 Å². The van der Waals surface area contributed by atoms with Crippen LogP contribution in [0.4, 0.5) is 0 Å². The van der Waals surface area contributed by atoms with Crippen LogP contribution in [0.5, 0.6) is 0 Å². The van der Waals surface area contributed by atoms with Gasteiger partial charge in [0, 0.05) is 12.8 Å². The van der Waals surface area contributed by atoms with E-state index in [0.29, 0.717) is 25.7 Å². The molecule has 0 bridgehead atoms. The van der Waals surface area contributed by atoms with E-state index in [2.05, 4.69) is 84.4 Å². The first-order valence-electron chi connectivity index (χ1n) is 24.9. The molecule has 1 aliphatic carbocycles. The smallest absolute Gasteiger partial charge is 0.462 e. The number of hydrogen-bond donors (Lipinski definition) is 8. The molecule has 400 valence electrons. The standard InChI is InChI=1S/C51H84O17P2/c1-3-5-6-7-8-9-10-11-12-13-14-15-16-20-23-26-29-32-35-38-44(53)64-40-43(41-65-70(62,63)68-51-48(57)46(55)47(56)50(49(51)58)67-69(59,60)61)66-45(54)39-36-33-30-27-24-21-18-17-19-22-25-28-31-34-37-42(52)4-2/h5-6,8-9,11-12,14-15,18-19,21-22,27-28,30-31,42-43,46-52,55-58H,3-4,7,10,13,16-17,20,23-26,29,32-41H2,1-2H3,(H,62,63)(H2,59,60,61)/b6-5-,9-8-,12-11-,15-14-,21-18-,22-19-,30-27-,31-28-/t42-,43-,46?,47?,48?,49?,50-,51+/m1/s1. The number of phosphoric ester groups is 2. The van der Waals surface area contributed by atoms with Crippen molar-refractivity contribution in [1.82, 2.24) is 0 Å². The van der Waals surface area contributed by atoms with Gasteiger partial charge in [0.15, 0.2) is 6.10 Å². The van der Waals surface area contributed by atoms with Crippen molar-refractivity contribution in [2.75, 3.05) is 13.2 Å². The van der Waals surface area contributed by atoms with Gasteiger partial charge in [-0.2, -0.15) is 0 Å². The summed E-state index contributed by atoms with van der Waals surface area (Å²) in [6.07, 6.45) is 34.4. The second-order valence-corrected chi connectivity index (χ2v) is 19.5. The first-order chi connectivity index (χ1) is 33.5. The number of aliphatic hydroxyl groups excluding tert-OH is 5. The number of aliphatic hydroxyl groups is 5. The molecule has 19 heteroatoms. The molecule has 0 saturated heterocycles. The average molecular weight is 1030 g/mol. The second-order valence-electron chi connectivity index (χ2n) is 16.9. The van der Waals surface area contributed by atoms with Gasteiger partial charge in [-0.1, -0.05) is 137 Å². The molecular formula is C51H84O17P2. The normalized spacial score (nSPS) is 22.3. The Morgan fingerprint density at radius 1 is 0.514 bits per heavy atom. The summed E-state index contributed by atoms with van der Waals surface area (Å²) in [5.41, 5.74) is 0. The van der Waals surface area contributed by atoms with Crippen LogP contribution >= 0.6 is 15.6 Å². The minimum Gasteiger partial charge on any atom is -0.462 e. The van der Waals surface area contributed by atoms with Gasteiger partial charge in [0.25, 0.3) is 0 Å². The first kappa shape index (κ1) is 64.9. The zero-order valence-electron chi connectivity index (χ0n) is 41.3. The third kappa shape index (κ3) is 34.3. The molecule has 0 spiro atoms. The van der Waals surface area contributed by atoms with E-state index in [1.165, 1.54) is 0 Å². The molecule has 0 aromatic rings. The van der Waals surface area contributed by atoms with Crippen LogP contribution in [0, 0.1) is 0 Å². The topological polar surface area (TPSA) is 276 Å². The molecule has 0 amide bonds. The number of rotatable bonds is 40. The van der Waals surface area contributed by atoms with Gasteiger partial charge in [-0.3, -0.25) is 23.2 Å². The summed E-state index contributed by atoms with van der Waals surface area (Å²) in [7, 11) is -10.7. The van der Waals surface area contributed by atoms with Crippen molar-refractivity contribution >= 4 is 27.6 Å². The molecule has 8 N–H and O–H groups in total. The summed E-state index contributed by atoms with van der Waals surface area (Å²) in [5, 5.41) is 50.9. The lowest BCUT2D eigenvalue weighted by Crippen LogP contribution is -2.64. The number of unbranched alkanes of at least 4 members (excludes halogenated alkanes) is 7. The van der Waals surface area contributed by atoms with E-state index in [1.807, 2.05) is 31.2 Å². The van der Waals surface area contributed by atoms with Gasteiger partial charge in [0.05, 0.1) is 12.7 Å². The van der Waals surface area contributed by atoms with E-state index in [4.69, 9.17) is 18.5 Å². The molecule has 9 atom stereocenters. The maximum atomic E-state index is 13.0. The Labute approximate surface area is 416 Å². The fourth-order valence-corrected chi connectivity index (χ4v) is 8.35. The fraction of sp³-hybridized carbons (Fsp3) is 0.647. The van der Waals surface area contributed by atoms with E-state index >= 15 is 0 Å². The lowest BCUT2D eigenvalue weighted by molar-refractivity contribution is -0.216.